The number of carbonyl (C=O) groups is 1. The van der Waals surface area contributed by atoms with Crippen LogP contribution in [0.25, 0.3) is 0 Å². The van der Waals surface area contributed by atoms with Crippen molar-refractivity contribution in [3.05, 3.63) is 12.2 Å². The number of carbonyl (C=O) groups excluding carboxylic acids is 1. The lowest BCUT2D eigenvalue weighted by Crippen LogP contribution is -2.40. The van der Waals surface area contributed by atoms with Crippen molar-refractivity contribution in [3.63, 3.8) is 0 Å². The summed E-state index contributed by atoms with van der Waals surface area (Å²) < 4.78 is 0. The maximum atomic E-state index is 11.8. The van der Waals surface area contributed by atoms with Crippen molar-refractivity contribution in [1.82, 2.24) is 10.2 Å². The van der Waals surface area contributed by atoms with E-state index in [0.29, 0.717) is 0 Å². The second-order valence-electron chi connectivity index (χ2n) is 3.20. The van der Waals surface area contributed by atoms with E-state index in [2.05, 4.69) is 5.32 Å². The molecule has 3 heteroatoms. The highest BCUT2D eigenvalue weighted by Crippen LogP contribution is 2.06. The van der Waals surface area contributed by atoms with Crippen LogP contribution >= 0.6 is 0 Å². The monoisotopic (exact) mass is 182 g/mol. The van der Waals surface area contributed by atoms with Crippen molar-refractivity contribution in [1.29, 1.82) is 0 Å². The second kappa shape index (κ2) is 5.02. The Hall–Kier alpha value is -0.830. The summed E-state index contributed by atoms with van der Waals surface area (Å²) in [4.78, 5) is 13.7. The fraction of sp³-hybridized carbons (Fsp3) is 0.700. The average Bonchev–Trinajstić information content (AvgIpc) is 2.21. The smallest absolute Gasteiger partial charge is 0.230 e. The number of nitrogens with one attached hydrogen (secondary N) is 1. The average molecular weight is 182 g/mol. The van der Waals surface area contributed by atoms with Gasteiger partial charge >= 0.3 is 0 Å². The zero-order chi connectivity index (χ0) is 9.68. The van der Waals surface area contributed by atoms with Gasteiger partial charge in [-0.2, -0.15) is 0 Å². The fourth-order valence-corrected chi connectivity index (χ4v) is 1.56. The molecule has 1 N–H and O–H groups in total. The van der Waals surface area contributed by atoms with Crippen LogP contribution in [0.4, 0.5) is 0 Å². The third-order valence-corrected chi connectivity index (χ3v) is 2.39. The van der Waals surface area contributed by atoms with Crippen LogP contribution in [-0.2, 0) is 4.79 Å². The molecule has 1 rings (SSSR count). The van der Waals surface area contributed by atoms with Crippen LogP contribution in [0, 0.1) is 5.92 Å². The van der Waals surface area contributed by atoms with E-state index in [0.717, 1.165) is 26.2 Å². The van der Waals surface area contributed by atoms with Gasteiger partial charge < -0.3 is 10.2 Å². The molecule has 0 radical (unpaired) electrons. The van der Waals surface area contributed by atoms with E-state index >= 15 is 0 Å². The van der Waals surface area contributed by atoms with Crippen LogP contribution in [0.2, 0.25) is 0 Å². The molecule has 0 fully saturated rings. The Balaban J connectivity index is 2.54. The first kappa shape index (κ1) is 10.3. The Morgan fingerprint density at radius 2 is 2.23 bits per heavy atom. The molecule has 0 aromatic carbocycles. The van der Waals surface area contributed by atoms with Gasteiger partial charge in [-0.15, -0.1) is 0 Å². The lowest BCUT2D eigenvalue weighted by atomic mass is 10.1. The van der Waals surface area contributed by atoms with Crippen LogP contribution < -0.4 is 5.32 Å². The zero-order valence-corrected chi connectivity index (χ0v) is 8.42. The van der Waals surface area contributed by atoms with Crippen molar-refractivity contribution in [2.45, 2.75) is 13.8 Å². The highest BCUT2D eigenvalue weighted by Gasteiger charge is 2.20. The standard InChI is InChI=1S/C10H18N2O/c1-3-12(4-2)10(13)9-6-5-7-11-8-9/h5-6,9,11H,3-4,7-8H2,1-2H3. The normalized spacial score (nSPS) is 21.5. The molecule has 1 heterocycles. The van der Waals surface area contributed by atoms with E-state index in [9.17, 15) is 4.79 Å². The quantitative estimate of drug-likeness (QED) is 0.649. The molecule has 3 nitrogen and oxygen atoms in total. The Morgan fingerprint density at radius 3 is 2.69 bits per heavy atom. The minimum atomic E-state index is 0.0497. The van der Waals surface area contributed by atoms with Gasteiger partial charge in [0.25, 0.3) is 0 Å². The molecule has 1 aliphatic heterocycles. The van der Waals surface area contributed by atoms with Gasteiger partial charge in [0.05, 0.1) is 5.92 Å². The van der Waals surface area contributed by atoms with E-state index in [1.54, 1.807) is 0 Å². The Kier molecular flexibility index (Phi) is 3.96. The van der Waals surface area contributed by atoms with Crippen LogP contribution in [0.15, 0.2) is 12.2 Å². The minimum absolute atomic E-state index is 0.0497. The number of nitrogens with zero attached hydrogens (tertiary/aromatic N) is 1. The fourth-order valence-electron chi connectivity index (χ4n) is 1.56. The predicted octanol–water partition coefficient (Wildman–Crippen LogP) is 0.630. The topological polar surface area (TPSA) is 32.3 Å². The largest absolute Gasteiger partial charge is 0.343 e. The molecular weight excluding hydrogens is 164 g/mol. The van der Waals surface area contributed by atoms with Crippen LogP contribution in [-0.4, -0.2) is 37.0 Å². The van der Waals surface area contributed by atoms with Gasteiger partial charge in [-0.05, 0) is 13.8 Å². The maximum Gasteiger partial charge on any atom is 0.230 e. The highest BCUT2D eigenvalue weighted by atomic mass is 16.2. The molecule has 0 saturated carbocycles. The van der Waals surface area contributed by atoms with Crippen LogP contribution in [0.3, 0.4) is 0 Å². The molecule has 1 aliphatic rings. The molecule has 1 unspecified atom stereocenters. The summed E-state index contributed by atoms with van der Waals surface area (Å²) in [5, 5.41) is 3.18. The molecule has 1 amide bonds. The van der Waals surface area contributed by atoms with Crippen molar-refractivity contribution >= 4 is 5.91 Å². The minimum Gasteiger partial charge on any atom is -0.343 e. The lowest BCUT2D eigenvalue weighted by molar-refractivity contribution is -0.133. The first-order valence-corrected chi connectivity index (χ1v) is 4.95. The van der Waals surface area contributed by atoms with E-state index in [-0.39, 0.29) is 11.8 Å². The maximum absolute atomic E-state index is 11.8. The molecule has 74 valence electrons. The summed E-state index contributed by atoms with van der Waals surface area (Å²) in [5.74, 6) is 0.294. The number of hydrogen-bond acceptors (Lipinski definition) is 2. The van der Waals surface area contributed by atoms with E-state index < -0.39 is 0 Å². The van der Waals surface area contributed by atoms with Gasteiger partial charge in [-0.1, -0.05) is 12.2 Å². The molecule has 0 spiro atoms. The van der Waals surface area contributed by atoms with E-state index in [1.807, 2.05) is 30.9 Å². The van der Waals surface area contributed by atoms with Crippen molar-refractivity contribution in [2.75, 3.05) is 26.2 Å². The molecule has 0 bridgehead atoms. The molecule has 1 atom stereocenters. The molecule has 0 saturated heterocycles. The Bertz CT molecular complexity index is 197. The second-order valence-corrected chi connectivity index (χ2v) is 3.20. The van der Waals surface area contributed by atoms with Gasteiger partial charge in [0, 0.05) is 26.2 Å². The molecule has 0 aromatic heterocycles. The third kappa shape index (κ3) is 2.56. The zero-order valence-electron chi connectivity index (χ0n) is 8.42. The summed E-state index contributed by atoms with van der Waals surface area (Å²) in [6.07, 6.45) is 4.03. The number of hydrogen-bond donors (Lipinski definition) is 1. The van der Waals surface area contributed by atoms with Gasteiger partial charge in [0.1, 0.15) is 0 Å². The van der Waals surface area contributed by atoms with Crippen molar-refractivity contribution in [3.8, 4) is 0 Å². The van der Waals surface area contributed by atoms with E-state index in [1.165, 1.54) is 0 Å². The summed E-state index contributed by atoms with van der Waals surface area (Å²) >= 11 is 0. The molecule has 0 aliphatic carbocycles. The van der Waals surface area contributed by atoms with E-state index in [4.69, 9.17) is 0 Å². The summed E-state index contributed by atoms with van der Waals surface area (Å²) in [6.45, 7) is 7.32. The third-order valence-electron chi connectivity index (χ3n) is 2.39. The number of amides is 1. The van der Waals surface area contributed by atoms with Crippen LogP contribution in [0.1, 0.15) is 13.8 Å². The van der Waals surface area contributed by atoms with Gasteiger partial charge in [-0.3, -0.25) is 4.79 Å². The van der Waals surface area contributed by atoms with Crippen LogP contribution in [0.5, 0.6) is 0 Å². The van der Waals surface area contributed by atoms with Crippen molar-refractivity contribution in [2.24, 2.45) is 5.92 Å². The first-order valence-electron chi connectivity index (χ1n) is 4.95. The van der Waals surface area contributed by atoms with Gasteiger partial charge in [0.2, 0.25) is 5.91 Å². The van der Waals surface area contributed by atoms with Gasteiger partial charge in [0.15, 0.2) is 0 Å². The number of rotatable bonds is 3. The summed E-state index contributed by atoms with van der Waals surface area (Å²) in [6, 6.07) is 0. The van der Waals surface area contributed by atoms with Crippen molar-refractivity contribution < 1.29 is 4.79 Å². The Morgan fingerprint density at radius 1 is 1.54 bits per heavy atom. The first-order chi connectivity index (χ1) is 6.29. The molecule has 0 aromatic rings. The predicted molar refractivity (Wildman–Crippen MR) is 53.4 cm³/mol. The highest BCUT2D eigenvalue weighted by molar-refractivity contribution is 5.81. The SMILES string of the molecule is CCN(CC)C(=O)C1C=CCNC1. The molecular formula is C10H18N2O. The summed E-state index contributed by atoms with van der Waals surface area (Å²) in [7, 11) is 0. The molecule has 13 heavy (non-hydrogen) atoms. The Labute approximate surface area is 79.8 Å². The van der Waals surface area contributed by atoms with Gasteiger partial charge in [-0.25, -0.2) is 0 Å². The lowest BCUT2D eigenvalue weighted by Gasteiger charge is -2.25. The summed E-state index contributed by atoms with van der Waals surface area (Å²) in [5.41, 5.74) is 0.